The third-order valence-electron chi connectivity index (χ3n) is 8.01. The van der Waals surface area contributed by atoms with Crippen LogP contribution in [0, 0.1) is 6.92 Å². The molecule has 1 N–H and O–H groups in total. The predicted octanol–water partition coefficient (Wildman–Crippen LogP) is 4.83. The van der Waals surface area contributed by atoms with Gasteiger partial charge in [-0.2, -0.15) is 0 Å². The van der Waals surface area contributed by atoms with Gasteiger partial charge in [0.2, 0.25) is 0 Å². The molecule has 3 aromatic rings. The van der Waals surface area contributed by atoms with Gasteiger partial charge in [0.1, 0.15) is 5.60 Å². The number of amides is 1. The van der Waals surface area contributed by atoms with Crippen LogP contribution in [-0.2, 0) is 35.2 Å². The molecule has 1 spiro atoms. The van der Waals surface area contributed by atoms with Gasteiger partial charge in [0.25, 0.3) is 5.56 Å². The van der Waals surface area contributed by atoms with E-state index in [1.807, 2.05) is 6.20 Å². The van der Waals surface area contributed by atoms with E-state index in [-0.39, 0.29) is 11.5 Å². The van der Waals surface area contributed by atoms with Crippen molar-refractivity contribution in [3.05, 3.63) is 92.9 Å². The minimum atomic E-state index is -0.929. The van der Waals surface area contributed by atoms with Crippen molar-refractivity contribution in [1.29, 1.82) is 0 Å². The maximum atomic E-state index is 12.6. The van der Waals surface area contributed by atoms with Gasteiger partial charge in [-0.1, -0.05) is 42.5 Å². The summed E-state index contributed by atoms with van der Waals surface area (Å²) in [7, 11) is 3.47. The number of benzene rings is 2. The van der Waals surface area contributed by atoms with Crippen molar-refractivity contribution in [3.63, 3.8) is 0 Å². The highest BCUT2D eigenvalue weighted by Gasteiger charge is 2.51. The van der Waals surface area contributed by atoms with E-state index >= 15 is 0 Å². The van der Waals surface area contributed by atoms with Crippen molar-refractivity contribution in [3.8, 4) is 11.1 Å². The number of pyridine rings is 1. The van der Waals surface area contributed by atoms with Crippen molar-refractivity contribution < 1.29 is 19.4 Å². The molecule has 3 heterocycles. The maximum Gasteiger partial charge on any atom is 0.407 e. The molecule has 2 aliphatic rings. The number of nitrogens with zero attached hydrogens (tertiary/aromatic N) is 2. The fourth-order valence-corrected chi connectivity index (χ4v) is 6.09. The van der Waals surface area contributed by atoms with Gasteiger partial charge >= 0.3 is 6.09 Å². The number of hydrogen-bond donors (Lipinski definition) is 1. The Balaban J connectivity index is 1.56. The molecule has 37 heavy (non-hydrogen) atoms. The first-order valence-corrected chi connectivity index (χ1v) is 12.8. The summed E-state index contributed by atoms with van der Waals surface area (Å²) in [5.41, 5.74) is 6.84. The summed E-state index contributed by atoms with van der Waals surface area (Å²) in [6, 6.07) is 16.6. The van der Waals surface area contributed by atoms with Crippen LogP contribution in [0.15, 0.2) is 59.5 Å². The molecule has 5 rings (SSSR count). The molecule has 0 aliphatic carbocycles. The van der Waals surface area contributed by atoms with Crippen molar-refractivity contribution in [1.82, 2.24) is 9.47 Å². The lowest BCUT2D eigenvalue weighted by molar-refractivity contribution is -0.0915. The van der Waals surface area contributed by atoms with Crippen LogP contribution in [0.4, 0.5) is 4.79 Å². The molecule has 1 amide bonds. The molecule has 0 saturated carbocycles. The zero-order valence-corrected chi connectivity index (χ0v) is 21.7. The number of piperidine rings is 1. The highest BCUT2D eigenvalue weighted by Crippen LogP contribution is 2.51. The van der Waals surface area contributed by atoms with E-state index in [4.69, 9.17) is 9.47 Å². The standard InChI is InChI=1S/C30H34N2O5/c1-20-15-22(25-9-5-4-7-21(25)8-6-14-36-3)10-11-24(20)27-18-32(29(34)35)13-12-30(27)26-16-28(33)31(2)17-23(26)19-37-30/h4-5,7,9-11,15-17,27H,6,8,12-14,18-19H2,1-3H3,(H,34,35)/t27-,30+/m1/s1. The number of ether oxygens (including phenoxy) is 2. The number of methoxy groups -OCH3 is 1. The van der Waals surface area contributed by atoms with Gasteiger partial charge in [-0.15, -0.1) is 0 Å². The van der Waals surface area contributed by atoms with Gasteiger partial charge in [0, 0.05) is 57.6 Å². The molecule has 0 bridgehead atoms. The lowest BCUT2D eigenvalue weighted by atomic mass is 9.71. The zero-order valence-electron chi connectivity index (χ0n) is 21.7. The van der Waals surface area contributed by atoms with Gasteiger partial charge < -0.3 is 24.0 Å². The SMILES string of the molecule is COCCCc1ccccc1-c1ccc([C@H]2CN(C(=O)O)CC[C@@]23OCc2cn(C)c(=O)cc23)c(C)c1. The normalized spacial score (nSPS) is 20.8. The molecular weight excluding hydrogens is 468 g/mol. The molecule has 0 unspecified atom stereocenters. The quantitative estimate of drug-likeness (QED) is 0.488. The first-order chi connectivity index (χ1) is 17.8. The van der Waals surface area contributed by atoms with Crippen LogP contribution in [0.2, 0.25) is 0 Å². The molecule has 2 aliphatic heterocycles. The Morgan fingerprint density at radius 2 is 2.03 bits per heavy atom. The Bertz CT molecular complexity index is 1380. The Morgan fingerprint density at radius 3 is 2.78 bits per heavy atom. The number of aromatic nitrogens is 1. The third-order valence-corrected chi connectivity index (χ3v) is 8.01. The predicted molar refractivity (Wildman–Crippen MR) is 142 cm³/mol. The van der Waals surface area contributed by atoms with Crippen molar-refractivity contribution >= 4 is 6.09 Å². The number of aryl methyl sites for hydroxylation is 3. The Labute approximate surface area is 217 Å². The van der Waals surface area contributed by atoms with Gasteiger partial charge in [-0.25, -0.2) is 4.79 Å². The third kappa shape index (κ3) is 4.58. The minimum absolute atomic E-state index is 0.0832. The summed E-state index contributed by atoms with van der Waals surface area (Å²) in [4.78, 5) is 26.1. The van der Waals surface area contributed by atoms with Crippen LogP contribution >= 0.6 is 0 Å². The largest absolute Gasteiger partial charge is 0.465 e. The van der Waals surface area contributed by atoms with Gasteiger partial charge in [0.15, 0.2) is 0 Å². The van der Waals surface area contributed by atoms with Crippen molar-refractivity contribution in [2.75, 3.05) is 26.8 Å². The molecule has 194 valence electrons. The average Bonchev–Trinajstić information content (AvgIpc) is 3.22. The zero-order chi connectivity index (χ0) is 26.2. The van der Waals surface area contributed by atoms with Crippen molar-refractivity contribution in [2.24, 2.45) is 7.05 Å². The number of likely N-dealkylation sites (tertiary alicyclic amines) is 1. The lowest BCUT2D eigenvalue weighted by Gasteiger charge is -2.45. The molecule has 1 fully saturated rings. The van der Waals surface area contributed by atoms with E-state index in [1.54, 1.807) is 24.8 Å². The Hall–Kier alpha value is -3.42. The first kappa shape index (κ1) is 25.2. The number of hydrogen-bond acceptors (Lipinski definition) is 4. The van der Waals surface area contributed by atoms with E-state index in [2.05, 4.69) is 49.4 Å². The van der Waals surface area contributed by atoms with E-state index in [9.17, 15) is 14.7 Å². The van der Waals surface area contributed by atoms with Gasteiger partial charge in [-0.05, 0) is 59.6 Å². The van der Waals surface area contributed by atoms with Crippen LogP contribution in [0.1, 0.15) is 46.6 Å². The van der Waals surface area contributed by atoms with Crippen LogP contribution < -0.4 is 5.56 Å². The molecule has 1 aromatic heterocycles. The summed E-state index contributed by atoms with van der Waals surface area (Å²) >= 11 is 0. The molecule has 7 heteroatoms. The van der Waals surface area contributed by atoms with Crippen LogP contribution in [-0.4, -0.2) is 47.5 Å². The minimum Gasteiger partial charge on any atom is -0.465 e. The summed E-state index contributed by atoms with van der Waals surface area (Å²) in [6.45, 7) is 3.91. The fraction of sp³-hybridized carbons (Fsp3) is 0.400. The summed E-state index contributed by atoms with van der Waals surface area (Å²) in [6.07, 6.45) is 3.32. The van der Waals surface area contributed by atoms with Crippen LogP contribution in [0.5, 0.6) is 0 Å². The lowest BCUT2D eigenvalue weighted by Crippen LogP contribution is -2.50. The van der Waals surface area contributed by atoms with E-state index < -0.39 is 11.7 Å². The van der Waals surface area contributed by atoms with E-state index in [0.29, 0.717) is 26.1 Å². The van der Waals surface area contributed by atoms with Gasteiger partial charge in [-0.3, -0.25) is 4.79 Å². The maximum absolute atomic E-state index is 12.6. The summed E-state index contributed by atoms with van der Waals surface area (Å²) < 4.78 is 13.3. The smallest absolute Gasteiger partial charge is 0.407 e. The highest BCUT2D eigenvalue weighted by atomic mass is 16.5. The van der Waals surface area contributed by atoms with E-state index in [0.717, 1.165) is 47.3 Å². The number of rotatable bonds is 6. The topological polar surface area (TPSA) is 81.0 Å². The summed E-state index contributed by atoms with van der Waals surface area (Å²) in [5, 5.41) is 9.81. The van der Waals surface area contributed by atoms with Crippen molar-refractivity contribution in [2.45, 2.75) is 44.3 Å². The molecule has 1 saturated heterocycles. The molecule has 2 atom stereocenters. The fourth-order valence-electron chi connectivity index (χ4n) is 6.09. The van der Waals surface area contributed by atoms with Crippen LogP contribution in [0.3, 0.4) is 0 Å². The van der Waals surface area contributed by atoms with Gasteiger partial charge in [0.05, 0.1) is 6.61 Å². The van der Waals surface area contributed by atoms with Crippen LogP contribution in [0.25, 0.3) is 11.1 Å². The monoisotopic (exact) mass is 502 g/mol. The van der Waals surface area contributed by atoms with E-state index in [1.165, 1.54) is 16.0 Å². The second-order valence-corrected chi connectivity index (χ2v) is 10.2. The Morgan fingerprint density at radius 1 is 1.22 bits per heavy atom. The average molecular weight is 503 g/mol. The highest BCUT2D eigenvalue weighted by molar-refractivity contribution is 5.69. The molecular formula is C30H34N2O5. The molecule has 0 radical (unpaired) electrons. The molecule has 2 aromatic carbocycles. The number of carbonyl (C=O) groups is 1. The Kier molecular flexibility index (Phi) is 6.92. The second-order valence-electron chi connectivity index (χ2n) is 10.2. The summed E-state index contributed by atoms with van der Waals surface area (Å²) in [5.74, 6) is -0.225. The second kappa shape index (κ2) is 10.1. The number of carboxylic acid groups (broad SMARTS) is 1. The molecule has 7 nitrogen and oxygen atoms in total. The number of fused-ring (bicyclic) bond motifs is 2. The first-order valence-electron chi connectivity index (χ1n) is 12.8.